The third kappa shape index (κ3) is 4.83. The first-order valence-corrected chi connectivity index (χ1v) is 17.8. The van der Waals surface area contributed by atoms with Gasteiger partial charge < -0.3 is 23.7 Å². The smallest absolute Gasteiger partial charge is 0.449 e. The number of alkyl halides is 6. The number of ether oxygens (including phenoxy) is 5. The lowest BCUT2D eigenvalue weighted by Crippen LogP contribution is -2.75. The summed E-state index contributed by atoms with van der Waals surface area (Å²) in [7, 11) is 0. The van der Waals surface area contributed by atoms with Crippen molar-refractivity contribution in [3.8, 4) is 0 Å². The van der Waals surface area contributed by atoms with Crippen molar-refractivity contribution in [2.75, 3.05) is 6.61 Å². The van der Waals surface area contributed by atoms with Crippen LogP contribution in [0.25, 0.3) is 0 Å². The largest absolute Gasteiger partial charge is 0.477 e. The van der Waals surface area contributed by atoms with Crippen molar-refractivity contribution < 1.29 is 69.6 Å². The van der Waals surface area contributed by atoms with E-state index >= 15 is 13.2 Å². The summed E-state index contributed by atoms with van der Waals surface area (Å²) in [4.78, 5) is 27.5. The Balaban J connectivity index is 1.15. The van der Waals surface area contributed by atoms with Gasteiger partial charge in [-0.25, -0.2) is 24.5 Å². The van der Waals surface area contributed by atoms with Crippen LogP contribution in [-0.4, -0.2) is 65.9 Å². The van der Waals surface area contributed by atoms with Gasteiger partial charge in [0.25, 0.3) is 5.72 Å². The predicted molar refractivity (Wildman–Crippen MR) is 158 cm³/mol. The fourth-order valence-electron chi connectivity index (χ4n) is 10.8. The van der Waals surface area contributed by atoms with Crippen molar-refractivity contribution in [1.29, 1.82) is 0 Å². The molecule has 0 amide bonds. The molecule has 2 saturated carbocycles. The quantitative estimate of drug-likeness (QED) is 0.126. The van der Waals surface area contributed by atoms with Gasteiger partial charge in [-0.3, -0.25) is 0 Å². The zero-order valence-corrected chi connectivity index (χ0v) is 28.9. The average Bonchev–Trinajstić information content (AvgIpc) is 3.40. The lowest BCUT2D eigenvalue weighted by molar-refractivity contribution is -0.583. The van der Waals surface area contributed by atoms with Crippen LogP contribution in [0.2, 0.25) is 0 Å². The number of halogens is 6. The molecule has 10 nitrogen and oxygen atoms in total. The van der Waals surface area contributed by atoms with E-state index in [-0.39, 0.29) is 35.7 Å². The normalized spacial score (nSPS) is 51.7. The van der Waals surface area contributed by atoms with Gasteiger partial charge in [-0.15, -0.1) is 0 Å². The monoisotopic (exact) mass is 725 g/mol. The number of hydrogen-bond donors (Lipinski definition) is 0. The van der Waals surface area contributed by atoms with Crippen LogP contribution in [0.3, 0.4) is 0 Å². The Bertz CT molecular complexity index is 1460. The Hall–Kier alpha value is -1.69. The van der Waals surface area contributed by atoms with E-state index in [2.05, 4.69) is 4.99 Å². The molecule has 9 fully saturated rings. The van der Waals surface area contributed by atoms with Gasteiger partial charge in [0.15, 0.2) is 23.4 Å². The average molecular weight is 726 g/mol. The minimum absolute atomic E-state index is 0.0586. The fourth-order valence-corrected chi connectivity index (χ4v) is 10.8. The molecule has 10 rings (SSSR count). The Morgan fingerprint density at radius 3 is 1.94 bits per heavy atom. The number of allylic oxidation sites excluding steroid dienone is 1. The molecule has 0 aromatic heterocycles. The summed E-state index contributed by atoms with van der Waals surface area (Å²) in [6.07, 6.45) is -9.03. The van der Waals surface area contributed by atoms with Gasteiger partial charge in [-0.05, 0) is 70.1 Å². The van der Waals surface area contributed by atoms with Crippen LogP contribution in [-0.2, 0) is 43.2 Å². The molecule has 0 aromatic rings. The van der Waals surface area contributed by atoms with E-state index in [4.69, 9.17) is 43.2 Å². The van der Waals surface area contributed by atoms with E-state index in [1.54, 1.807) is 13.8 Å². The second-order valence-corrected chi connectivity index (χ2v) is 16.3. The Labute approximate surface area is 286 Å². The van der Waals surface area contributed by atoms with Gasteiger partial charge in [-0.1, -0.05) is 20.8 Å². The van der Waals surface area contributed by atoms with Crippen LogP contribution in [0.5, 0.6) is 0 Å². The molecular formula is C34H45F6NO9. The Morgan fingerprint density at radius 2 is 1.32 bits per heavy atom. The molecule has 2 aliphatic carbocycles. The lowest BCUT2D eigenvalue weighted by Gasteiger charge is -2.62. The van der Waals surface area contributed by atoms with Crippen LogP contribution in [0.1, 0.15) is 92.9 Å². The topological polar surface area (TPSA) is 95.4 Å². The third-order valence-corrected chi connectivity index (χ3v) is 13.4. The highest BCUT2D eigenvalue weighted by molar-refractivity contribution is 5.74. The molecule has 14 atom stereocenters. The van der Waals surface area contributed by atoms with E-state index in [1.807, 2.05) is 13.8 Å². The molecule has 2 spiro atoms. The zero-order valence-electron chi connectivity index (χ0n) is 28.9. The molecule has 0 radical (unpaired) electrons. The maximum Gasteiger partial charge on any atom is 0.449 e. The maximum absolute atomic E-state index is 15.4. The molecule has 2 unspecified atom stereocenters. The molecule has 0 N–H and O–H groups in total. The maximum atomic E-state index is 15.4. The van der Waals surface area contributed by atoms with Crippen LogP contribution in [0, 0.1) is 41.4 Å². The summed E-state index contributed by atoms with van der Waals surface area (Å²) in [5, 5.41) is 0. The summed E-state index contributed by atoms with van der Waals surface area (Å²) in [5.41, 5.74) is -6.13. The van der Waals surface area contributed by atoms with Crippen molar-refractivity contribution in [3.63, 3.8) is 0 Å². The number of nitrogens with zero attached hydrogens (tertiary/aromatic N) is 1. The highest BCUT2D eigenvalue weighted by atomic mass is 19.4. The molecule has 4 bridgehead atoms. The standard InChI is InChI=1S/C34H45F6NO9/c1-16-7-9-23-18(3)32(34(38,39)40,46-27-30(23)21(16)11-14-29(6,45-27)48-49-30)41-19(4)42-15-20-24-10-8-17(2)22-12-13-28(5)44-26(31(22,24)50-47-28)43-25(20)33(35,36)37/h16-18,21-24,26-27H,7-15H2,1-6H3/b41-19-/t16-,17-,18-,21?,22?,23+,24+,26-,27+,28-,29+,30-,31-,32-/m1/s1. The fraction of sp³-hybridized carbons (Fsp3) is 0.912. The van der Waals surface area contributed by atoms with Gasteiger partial charge in [0.2, 0.25) is 23.6 Å². The molecular weight excluding hydrogens is 680 g/mol. The van der Waals surface area contributed by atoms with E-state index < -0.39 is 89.5 Å². The Kier molecular flexibility index (Phi) is 7.90. The minimum Gasteiger partial charge on any atom is -0.477 e. The first-order chi connectivity index (χ1) is 23.3. The number of rotatable bonds is 3. The summed E-state index contributed by atoms with van der Waals surface area (Å²) in [5.74, 6) is -7.65. The van der Waals surface area contributed by atoms with E-state index in [0.29, 0.717) is 44.9 Å². The van der Waals surface area contributed by atoms with Crippen molar-refractivity contribution in [2.45, 2.75) is 146 Å². The number of hydrogen-bond acceptors (Lipinski definition) is 10. The van der Waals surface area contributed by atoms with Crippen molar-refractivity contribution in [3.05, 3.63) is 11.3 Å². The summed E-state index contributed by atoms with van der Waals surface area (Å²) < 4.78 is 120. The molecule has 7 saturated heterocycles. The molecule has 50 heavy (non-hydrogen) atoms. The minimum atomic E-state index is -5.06. The molecule has 10 aliphatic rings. The lowest BCUT2D eigenvalue weighted by atomic mass is 9.56. The van der Waals surface area contributed by atoms with Crippen molar-refractivity contribution in [2.24, 2.45) is 46.4 Å². The second-order valence-electron chi connectivity index (χ2n) is 16.3. The van der Waals surface area contributed by atoms with Gasteiger partial charge in [-0.2, -0.15) is 26.3 Å². The Morgan fingerprint density at radius 1 is 0.740 bits per heavy atom. The second kappa shape index (κ2) is 11.2. The molecule has 282 valence electrons. The first kappa shape index (κ1) is 35.3. The van der Waals surface area contributed by atoms with Gasteiger partial charge >= 0.3 is 12.4 Å². The summed E-state index contributed by atoms with van der Waals surface area (Å²) in [6.45, 7) is 9.10. The van der Waals surface area contributed by atoms with Gasteiger partial charge in [0, 0.05) is 49.0 Å². The van der Waals surface area contributed by atoms with E-state index in [0.717, 1.165) is 0 Å². The van der Waals surface area contributed by atoms with Crippen LogP contribution < -0.4 is 0 Å². The SMILES string of the molecule is C/C(=N/[C@@]1(C(F)(F)F)O[C@@H]2O[C@]3(C)CCC4[C@H](C)CC[C@@H]([C@H]1C)[C@]42OO3)OCC1=C(C(F)(F)F)O[C@@H]2O[C@@]3(C)CCC4[C@H](C)CC[C@@H]1[C@]42OO3. The van der Waals surface area contributed by atoms with Crippen LogP contribution in [0.4, 0.5) is 26.3 Å². The third-order valence-electron chi connectivity index (χ3n) is 13.4. The molecule has 8 aliphatic heterocycles. The van der Waals surface area contributed by atoms with Gasteiger partial charge in [0.1, 0.15) is 6.61 Å². The number of fused-ring (bicyclic) bond motifs is 4. The van der Waals surface area contributed by atoms with E-state index in [9.17, 15) is 13.2 Å². The van der Waals surface area contributed by atoms with Crippen LogP contribution in [0.15, 0.2) is 16.3 Å². The van der Waals surface area contributed by atoms with Crippen molar-refractivity contribution in [1.82, 2.24) is 0 Å². The van der Waals surface area contributed by atoms with E-state index in [1.165, 1.54) is 13.8 Å². The first-order valence-electron chi connectivity index (χ1n) is 17.8. The highest BCUT2D eigenvalue weighted by Gasteiger charge is 2.77. The van der Waals surface area contributed by atoms with Crippen LogP contribution >= 0.6 is 0 Å². The molecule has 16 heteroatoms. The van der Waals surface area contributed by atoms with Gasteiger partial charge in [0.05, 0.1) is 0 Å². The predicted octanol–water partition coefficient (Wildman–Crippen LogP) is 7.62. The summed E-state index contributed by atoms with van der Waals surface area (Å²) >= 11 is 0. The molecule has 0 aromatic carbocycles. The van der Waals surface area contributed by atoms with Crippen molar-refractivity contribution >= 4 is 5.90 Å². The molecule has 8 heterocycles. The number of aliphatic imine (C=N–C) groups is 1. The highest BCUT2D eigenvalue weighted by Crippen LogP contribution is 2.65. The zero-order chi connectivity index (χ0) is 35.9. The summed E-state index contributed by atoms with van der Waals surface area (Å²) in [6, 6.07) is 0.